The molecule has 8 nitrogen and oxygen atoms in total. The summed E-state index contributed by atoms with van der Waals surface area (Å²) >= 11 is 0. The second kappa shape index (κ2) is 7.38. The minimum Gasteiger partial charge on any atom is -0.443 e. The van der Waals surface area contributed by atoms with Crippen LogP contribution in [0.4, 0.5) is 5.69 Å². The van der Waals surface area contributed by atoms with Gasteiger partial charge in [0.15, 0.2) is 0 Å². The Kier molecular flexibility index (Phi) is 5.01. The number of carbonyl (C=O) groups is 2. The number of nitro groups is 1. The van der Waals surface area contributed by atoms with E-state index < -0.39 is 17.0 Å². The zero-order chi connectivity index (χ0) is 18.7. The Hall–Kier alpha value is -3.16. The number of amides is 1. The number of aryl methyl sites for hydroxylation is 1. The highest BCUT2D eigenvalue weighted by Gasteiger charge is 2.32. The maximum absolute atomic E-state index is 12.8. The molecule has 3 rings (SSSR count). The number of nitrogens with zero attached hydrogens (tertiary/aromatic N) is 3. The van der Waals surface area contributed by atoms with E-state index in [1.807, 2.05) is 6.07 Å². The molecule has 1 aromatic carbocycles. The molecule has 1 aliphatic rings. The van der Waals surface area contributed by atoms with Crippen molar-refractivity contribution in [2.45, 2.75) is 18.9 Å². The molecule has 2 heterocycles. The van der Waals surface area contributed by atoms with Crippen LogP contribution in [0.2, 0.25) is 0 Å². The highest BCUT2D eigenvalue weighted by Crippen LogP contribution is 2.25. The zero-order valence-corrected chi connectivity index (χ0v) is 14.3. The fourth-order valence-electron chi connectivity index (χ4n) is 3.01. The molecule has 0 saturated carbocycles. The molecule has 1 fully saturated rings. The molecule has 0 bridgehead atoms. The molecule has 26 heavy (non-hydrogen) atoms. The number of hydrogen-bond acceptors (Lipinski definition) is 5. The summed E-state index contributed by atoms with van der Waals surface area (Å²) in [4.78, 5) is 37.4. The molecule has 8 heteroatoms. The van der Waals surface area contributed by atoms with Crippen molar-refractivity contribution >= 4 is 17.6 Å². The molecule has 1 amide bonds. The quantitative estimate of drug-likeness (QED) is 0.465. The average molecular weight is 357 g/mol. The van der Waals surface area contributed by atoms with E-state index >= 15 is 0 Å². The van der Waals surface area contributed by atoms with Crippen LogP contribution in [0.5, 0.6) is 0 Å². The first kappa shape index (κ1) is 17.7. The number of carbonyl (C=O) groups excluding carboxylic acids is 2. The summed E-state index contributed by atoms with van der Waals surface area (Å²) in [6, 6.07) is 9.92. The molecule has 0 spiro atoms. The van der Waals surface area contributed by atoms with Crippen molar-refractivity contribution in [2.24, 2.45) is 7.05 Å². The predicted octanol–water partition coefficient (Wildman–Crippen LogP) is 2.45. The van der Waals surface area contributed by atoms with E-state index in [4.69, 9.17) is 4.74 Å². The van der Waals surface area contributed by atoms with Gasteiger partial charge in [-0.3, -0.25) is 14.9 Å². The number of benzene rings is 1. The lowest BCUT2D eigenvalue weighted by Gasteiger charge is -2.23. The summed E-state index contributed by atoms with van der Waals surface area (Å²) < 4.78 is 6.82. The lowest BCUT2D eigenvalue weighted by atomic mass is 10.1. The van der Waals surface area contributed by atoms with Crippen molar-refractivity contribution < 1.29 is 19.2 Å². The van der Waals surface area contributed by atoms with Crippen LogP contribution in [0.15, 0.2) is 42.6 Å². The van der Waals surface area contributed by atoms with E-state index in [1.54, 1.807) is 29.2 Å². The standard InChI is InChI=1S/C18H19N3O5/c1-19-12-14(21(24)25)11-15(19)18(23)26-16(13-7-3-2-4-8-13)17(22)20-9-5-6-10-20/h2-4,7-8,11-12,16H,5-6,9-10H2,1H3. The van der Waals surface area contributed by atoms with Gasteiger partial charge in [0.2, 0.25) is 6.10 Å². The first-order chi connectivity index (χ1) is 12.5. The summed E-state index contributed by atoms with van der Waals surface area (Å²) in [6.45, 7) is 1.27. The summed E-state index contributed by atoms with van der Waals surface area (Å²) in [5.74, 6) is -1.05. The van der Waals surface area contributed by atoms with Crippen molar-refractivity contribution in [3.05, 3.63) is 64.0 Å². The Morgan fingerprint density at radius 3 is 2.42 bits per heavy atom. The lowest BCUT2D eigenvalue weighted by Crippen LogP contribution is -2.35. The second-order valence-electron chi connectivity index (χ2n) is 6.18. The Labute approximate surface area is 150 Å². The van der Waals surface area contributed by atoms with Crippen LogP contribution in [0.25, 0.3) is 0 Å². The maximum atomic E-state index is 12.8. The highest BCUT2D eigenvalue weighted by atomic mass is 16.6. The van der Waals surface area contributed by atoms with Crippen LogP contribution in [-0.4, -0.2) is 39.4 Å². The van der Waals surface area contributed by atoms with Gasteiger partial charge in [0, 0.05) is 31.8 Å². The SMILES string of the molecule is Cn1cc([N+](=O)[O-])cc1C(=O)OC(C(=O)N1CCCC1)c1ccccc1. The van der Waals surface area contributed by atoms with Crippen molar-refractivity contribution in [2.75, 3.05) is 13.1 Å². The number of ether oxygens (including phenoxy) is 1. The molecule has 1 saturated heterocycles. The van der Waals surface area contributed by atoms with E-state index in [0.717, 1.165) is 18.9 Å². The fourth-order valence-corrected chi connectivity index (χ4v) is 3.01. The van der Waals surface area contributed by atoms with Crippen LogP contribution in [0, 0.1) is 10.1 Å². The van der Waals surface area contributed by atoms with Crippen LogP contribution >= 0.6 is 0 Å². The van der Waals surface area contributed by atoms with E-state index in [1.165, 1.54) is 17.8 Å². The normalized spacial score (nSPS) is 14.9. The van der Waals surface area contributed by atoms with Gasteiger partial charge in [-0.25, -0.2) is 4.79 Å². The van der Waals surface area contributed by atoms with Gasteiger partial charge in [-0.2, -0.15) is 0 Å². The minimum atomic E-state index is -1.07. The third kappa shape index (κ3) is 3.58. The third-order valence-corrected chi connectivity index (χ3v) is 4.38. The minimum absolute atomic E-state index is 0.0202. The van der Waals surface area contributed by atoms with Crippen LogP contribution in [0.1, 0.15) is 35.0 Å². The topological polar surface area (TPSA) is 94.7 Å². The first-order valence-electron chi connectivity index (χ1n) is 8.33. The number of rotatable bonds is 5. The van der Waals surface area contributed by atoms with Crippen molar-refractivity contribution in [1.29, 1.82) is 0 Å². The summed E-state index contributed by atoms with van der Waals surface area (Å²) in [7, 11) is 1.52. The molecule has 1 aromatic heterocycles. The molecule has 0 radical (unpaired) electrons. The molecule has 1 aliphatic heterocycles. The molecule has 1 atom stereocenters. The van der Waals surface area contributed by atoms with E-state index in [9.17, 15) is 19.7 Å². The van der Waals surface area contributed by atoms with Crippen LogP contribution in [-0.2, 0) is 16.6 Å². The molecule has 2 aromatic rings. The van der Waals surface area contributed by atoms with Gasteiger partial charge in [-0.15, -0.1) is 0 Å². The first-order valence-corrected chi connectivity index (χ1v) is 8.33. The van der Waals surface area contributed by atoms with Crippen molar-refractivity contribution in [3.63, 3.8) is 0 Å². The number of hydrogen-bond donors (Lipinski definition) is 0. The molecule has 0 aliphatic carbocycles. The van der Waals surface area contributed by atoms with Gasteiger partial charge >= 0.3 is 5.97 Å². The summed E-state index contributed by atoms with van der Waals surface area (Å²) in [5.41, 5.74) is 0.384. The van der Waals surface area contributed by atoms with Gasteiger partial charge in [-0.05, 0) is 12.8 Å². The molecular formula is C18H19N3O5. The lowest BCUT2D eigenvalue weighted by molar-refractivity contribution is -0.384. The monoisotopic (exact) mass is 357 g/mol. The summed E-state index contributed by atoms with van der Waals surface area (Å²) in [5, 5.41) is 10.9. The Balaban J connectivity index is 1.86. The largest absolute Gasteiger partial charge is 0.443 e. The Bertz CT molecular complexity index is 825. The molecule has 136 valence electrons. The third-order valence-electron chi connectivity index (χ3n) is 4.38. The molecule has 0 N–H and O–H groups in total. The van der Waals surface area contributed by atoms with Gasteiger partial charge < -0.3 is 14.2 Å². The predicted molar refractivity (Wildman–Crippen MR) is 92.5 cm³/mol. The average Bonchev–Trinajstić information content (AvgIpc) is 3.29. The van der Waals surface area contributed by atoms with Crippen LogP contribution in [0.3, 0.4) is 0 Å². The van der Waals surface area contributed by atoms with Crippen molar-refractivity contribution in [1.82, 2.24) is 9.47 Å². The number of likely N-dealkylation sites (tertiary alicyclic amines) is 1. The summed E-state index contributed by atoms with van der Waals surface area (Å²) in [6.07, 6.45) is 2.00. The van der Waals surface area contributed by atoms with Crippen molar-refractivity contribution in [3.8, 4) is 0 Å². The molecule has 1 unspecified atom stereocenters. The number of aromatic nitrogens is 1. The van der Waals surface area contributed by atoms with E-state index in [0.29, 0.717) is 18.7 Å². The maximum Gasteiger partial charge on any atom is 0.356 e. The number of esters is 1. The van der Waals surface area contributed by atoms with Gasteiger partial charge in [0.1, 0.15) is 5.69 Å². The zero-order valence-electron chi connectivity index (χ0n) is 14.3. The fraction of sp³-hybridized carbons (Fsp3) is 0.333. The van der Waals surface area contributed by atoms with E-state index in [2.05, 4.69) is 0 Å². The van der Waals surface area contributed by atoms with Gasteiger partial charge in [0.25, 0.3) is 11.6 Å². The molecular weight excluding hydrogens is 338 g/mol. The smallest absolute Gasteiger partial charge is 0.356 e. The van der Waals surface area contributed by atoms with Gasteiger partial charge in [-0.1, -0.05) is 30.3 Å². The Morgan fingerprint density at radius 1 is 1.19 bits per heavy atom. The highest BCUT2D eigenvalue weighted by molar-refractivity contribution is 5.92. The second-order valence-corrected chi connectivity index (χ2v) is 6.18. The Morgan fingerprint density at radius 2 is 1.85 bits per heavy atom. The van der Waals surface area contributed by atoms with Gasteiger partial charge in [0.05, 0.1) is 11.1 Å². The van der Waals surface area contributed by atoms with Crippen LogP contribution < -0.4 is 0 Å². The van der Waals surface area contributed by atoms with E-state index in [-0.39, 0.29) is 17.3 Å².